The van der Waals surface area contributed by atoms with E-state index in [1.54, 1.807) is 12.3 Å². The van der Waals surface area contributed by atoms with Crippen LogP contribution in [0, 0.1) is 10.1 Å². The van der Waals surface area contributed by atoms with E-state index in [-0.39, 0.29) is 16.7 Å². The Labute approximate surface area is 116 Å². The predicted molar refractivity (Wildman–Crippen MR) is 77.8 cm³/mol. The molecule has 0 atom stereocenters. The highest BCUT2D eigenvalue weighted by Gasteiger charge is 2.23. The molecule has 0 unspecified atom stereocenters. The van der Waals surface area contributed by atoms with E-state index in [9.17, 15) is 10.1 Å². The molecule has 2 heterocycles. The molecule has 20 heavy (non-hydrogen) atoms. The lowest BCUT2D eigenvalue weighted by Crippen LogP contribution is -2.40. The number of hydrogen-bond acceptors (Lipinski definition) is 5. The molecule has 1 aliphatic rings. The van der Waals surface area contributed by atoms with E-state index in [0.29, 0.717) is 11.2 Å². The lowest BCUT2D eigenvalue weighted by atomic mass is 10.0. The number of nitro benzene ring substituents is 1. The molecule has 1 saturated heterocycles. The van der Waals surface area contributed by atoms with Crippen LogP contribution in [0.3, 0.4) is 0 Å². The number of nitrogens with two attached hydrogens (primary N) is 1. The van der Waals surface area contributed by atoms with Crippen LogP contribution in [0.25, 0.3) is 10.8 Å². The van der Waals surface area contributed by atoms with Crippen LogP contribution in [0.15, 0.2) is 30.5 Å². The maximum absolute atomic E-state index is 11.2. The van der Waals surface area contributed by atoms with Crippen molar-refractivity contribution in [2.75, 3.05) is 18.0 Å². The van der Waals surface area contributed by atoms with Crippen LogP contribution in [-0.2, 0) is 0 Å². The number of nitro groups is 1. The molecule has 1 aromatic heterocycles. The van der Waals surface area contributed by atoms with Crippen molar-refractivity contribution in [2.24, 2.45) is 5.73 Å². The zero-order valence-electron chi connectivity index (χ0n) is 11.0. The summed E-state index contributed by atoms with van der Waals surface area (Å²) in [5.41, 5.74) is 6.02. The van der Waals surface area contributed by atoms with Gasteiger partial charge in [-0.2, -0.15) is 0 Å². The summed E-state index contributed by atoms with van der Waals surface area (Å²) in [5.74, 6) is 0.696. The second-order valence-corrected chi connectivity index (χ2v) is 5.09. The number of aromatic nitrogens is 1. The summed E-state index contributed by atoms with van der Waals surface area (Å²) in [6, 6.07) is 7.14. The van der Waals surface area contributed by atoms with E-state index in [2.05, 4.69) is 9.88 Å². The smallest absolute Gasteiger partial charge is 0.280 e. The fraction of sp³-hybridized carbons (Fsp3) is 0.357. The van der Waals surface area contributed by atoms with Crippen LogP contribution in [0.2, 0.25) is 0 Å². The molecule has 2 aromatic rings. The predicted octanol–water partition coefficient (Wildman–Crippen LogP) is 2.07. The van der Waals surface area contributed by atoms with Gasteiger partial charge in [-0.15, -0.1) is 0 Å². The van der Waals surface area contributed by atoms with Gasteiger partial charge in [0.25, 0.3) is 5.69 Å². The molecular weight excluding hydrogens is 256 g/mol. The lowest BCUT2D eigenvalue weighted by Gasteiger charge is -2.31. The van der Waals surface area contributed by atoms with Crippen molar-refractivity contribution < 1.29 is 4.92 Å². The number of benzene rings is 1. The number of nitrogens with zero attached hydrogens (tertiary/aromatic N) is 3. The third-order valence-electron chi connectivity index (χ3n) is 3.79. The van der Waals surface area contributed by atoms with Crippen molar-refractivity contribution in [3.8, 4) is 0 Å². The van der Waals surface area contributed by atoms with Crippen LogP contribution >= 0.6 is 0 Å². The number of rotatable bonds is 2. The molecule has 104 valence electrons. The number of fused-ring (bicyclic) bond motifs is 1. The van der Waals surface area contributed by atoms with Crippen molar-refractivity contribution >= 4 is 22.3 Å². The van der Waals surface area contributed by atoms with Gasteiger partial charge in [-0.25, -0.2) is 4.98 Å². The van der Waals surface area contributed by atoms with Gasteiger partial charge in [0.05, 0.1) is 4.92 Å². The standard InChI is InChI=1S/C14H16N4O2/c15-11-5-8-17(9-6-11)14-13-10(4-7-16-14)2-1-3-12(13)18(19)20/h1-4,7,11H,5-6,8-9,15H2. The average Bonchev–Trinajstić information content (AvgIpc) is 2.47. The highest BCUT2D eigenvalue weighted by molar-refractivity contribution is 5.99. The third-order valence-corrected chi connectivity index (χ3v) is 3.79. The SMILES string of the molecule is NC1CCN(c2nccc3cccc([N+](=O)[O-])c23)CC1. The lowest BCUT2D eigenvalue weighted by molar-refractivity contribution is -0.383. The van der Waals surface area contributed by atoms with Gasteiger partial charge in [-0.1, -0.05) is 12.1 Å². The van der Waals surface area contributed by atoms with Crippen molar-refractivity contribution in [2.45, 2.75) is 18.9 Å². The van der Waals surface area contributed by atoms with Crippen LogP contribution in [0.5, 0.6) is 0 Å². The second kappa shape index (κ2) is 5.05. The normalized spacial score (nSPS) is 16.6. The zero-order valence-corrected chi connectivity index (χ0v) is 11.0. The Balaban J connectivity index is 2.13. The molecule has 2 N–H and O–H groups in total. The monoisotopic (exact) mass is 272 g/mol. The summed E-state index contributed by atoms with van der Waals surface area (Å²) in [7, 11) is 0. The summed E-state index contributed by atoms with van der Waals surface area (Å²) in [6.45, 7) is 1.58. The maximum atomic E-state index is 11.2. The molecule has 6 nitrogen and oxygen atoms in total. The summed E-state index contributed by atoms with van der Waals surface area (Å²) >= 11 is 0. The van der Waals surface area contributed by atoms with Crippen LogP contribution in [0.4, 0.5) is 11.5 Å². The number of pyridine rings is 1. The van der Waals surface area contributed by atoms with Crippen molar-refractivity contribution in [1.82, 2.24) is 4.98 Å². The Hall–Kier alpha value is -2.21. The van der Waals surface area contributed by atoms with Crippen LogP contribution < -0.4 is 10.6 Å². The summed E-state index contributed by atoms with van der Waals surface area (Å²) < 4.78 is 0. The number of hydrogen-bond donors (Lipinski definition) is 1. The number of anilines is 1. The molecule has 1 aromatic carbocycles. The molecule has 1 aliphatic heterocycles. The molecule has 3 rings (SSSR count). The molecule has 6 heteroatoms. The van der Waals surface area contributed by atoms with E-state index in [0.717, 1.165) is 31.3 Å². The largest absolute Gasteiger partial charge is 0.356 e. The number of piperidine rings is 1. The summed E-state index contributed by atoms with van der Waals surface area (Å²) in [4.78, 5) is 17.4. The maximum Gasteiger partial charge on any atom is 0.280 e. The minimum absolute atomic E-state index is 0.112. The molecule has 1 fully saturated rings. The highest BCUT2D eigenvalue weighted by atomic mass is 16.6. The Kier molecular flexibility index (Phi) is 3.23. The molecule has 0 radical (unpaired) electrons. The van der Waals surface area contributed by atoms with Gasteiger partial charge in [0.15, 0.2) is 0 Å². The van der Waals surface area contributed by atoms with Crippen LogP contribution in [0.1, 0.15) is 12.8 Å². The van der Waals surface area contributed by atoms with Crippen molar-refractivity contribution in [3.63, 3.8) is 0 Å². The first kappa shape index (κ1) is 12.8. The average molecular weight is 272 g/mol. The van der Waals surface area contributed by atoms with Gasteiger partial charge in [0, 0.05) is 31.4 Å². The molecule has 0 saturated carbocycles. The van der Waals surface area contributed by atoms with E-state index >= 15 is 0 Å². The van der Waals surface area contributed by atoms with Gasteiger partial charge < -0.3 is 10.6 Å². The van der Waals surface area contributed by atoms with Crippen molar-refractivity contribution in [3.05, 3.63) is 40.6 Å². The fourth-order valence-corrected chi connectivity index (χ4v) is 2.70. The van der Waals surface area contributed by atoms with E-state index in [4.69, 9.17) is 5.73 Å². The van der Waals surface area contributed by atoms with E-state index < -0.39 is 0 Å². The Bertz CT molecular complexity index is 645. The minimum Gasteiger partial charge on any atom is -0.356 e. The van der Waals surface area contributed by atoms with Gasteiger partial charge in [-0.3, -0.25) is 10.1 Å². The quantitative estimate of drug-likeness (QED) is 0.668. The van der Waals surface area contributed by atoms with Gasteiger partial charge in [-0.05, 0) is 24.3 Å². The Morgan fingerprint density at radius 3 is 2.75 bits per heavy atom. The number of non-ortho nitro benzene ring substituents is 1. The molecule has 0 spiro atoms. The first-order chi connectivity index (χ1) is 9.66. The first-order valence-electron chi connectivity index (χ1n) is 6.69. The molecule has 0 aliphatic carbocycles. The van der Waals surface area contributed by atoms with E-state index in [1.165, 1.54) is 6.07 Å². The zero-order chi connectivity index (χ0) is 14.1. The second-order valence-electron chi connectivity index (χ2n) is 5.09. The van der Waals surface area contributed by atoms with Gasteiger partial charge in [0.1, 0.15) is 11.2 Å². The Morgan fingerprint density at radius 2 is 2.05 bits per heavy atom. The van der Waals surface area contributed by atoms with Gasteiger partial charge in [0.2, 0.25) is 0 Å². The minimum atomic E-state index is -0.344. The fourth-order valence-electron chi connectivity index (χ4n) is 2.70. The van der Waals surface area contributed by atoms with Crippen LogP contribution in [-0.4, -0.2) is 29.0 Å². The summed E-state index contributed by atoms with van der Waals surface area (Å²) in [6.07, 6.45) is 3.48. The van der Waals surface area contributed by atoms with Gasteiger partial charge >= 0.3 is 0 Å². The first-order valence-corrected chi connectivity index (χ1v) is 6.69. The van der Waals surface area contributed by atoms with Crippen molar-refractivity contribution in [1.29, 1.82) is 0 Å². The summed E-state index contributed by atoms with van der Waals surface area (Å²) in [5, 5.41) is 12.7. The molecule has 0 amide bonds. The molecular formula is C14H16N4O2. The topological polar surface area (TPSA) is 85.3 Å². The third kappa shape index (κ3) is 2.18. The molecule has 0 bridgehead atoms. The highest BCUT2D eigenvalue weighted by Crippen LogP contribution is 2.33. The Morgan fingerprint density at radius 1 is 1.30 bits per heavy atom. The van der Waals surface area contributed by atoms with E-state index in [1.807, 2.05) is 12.1 Å².